The average molecular weight is 324 g/mol. The first kappa shape index (κ1) is 14.3. The fraction of sp³-hybridized carbons (Fsp3) is 0.400. The van der Waals surface area contributed by atoms with Crippen LogP contribution in [0.3, 0.4) is 0 Å². The number of esters is 1. The Bertz CT molecular complexity index is 470. The van der Waals surface area contributed by atoms with Crippen molar-refractivity contribution in [2.24, 2.45) is 0 Å². The highest BCUT2D eigenvalue weighted by atomic mass is 79.9. The molecule has 1 aromatic rings. The van der Waals surface area contributed by atoms with Crippen LogP contribution in [0, 0.1) is 0 Å². The zero-order valence-corrected chi connectivity index (χ0v) is 12.6. The van der Waals surface area contributed by atoms with Crippen molar-refractivity contribution in [2.75, 3.05) is 19.7 Å². The Morgan fingerprint density at radius 1 is 1.37 bits per heavy atom. The number of hydrogen-bond acceptors (Lipinski definition) is 3. The summed E-state index contributed by atoms with van der Waals surface area (Å²) in [5.41, 5.74) is 2.08. The molecule has 2 rings (SSSR count). The van der Waals surface area contributed by atoms with E-state index >= 15 is 0 Å². The standard InChI is InChI=1S/C15H18BrNO2/c1-2-19-15(18)13-8-9-17(11-14(13)16)10-12-6-4-3-5-7-12/h3-7H,2,8-11H2,1H3. The van der Waals surface area contributed by atoms with Crippen molar-refractivity contribution in [2.45, 2.75) is 19.9 Å². The summed E-state index contributed by atoms with van der Waals surface area (Å²) >= 11 is 3.52. The predicted molar refractivity (Wildman–Crippen MR) is 78.9 cm³/mol. The summed E-state index contributed by atoms with van der Waals surface area (Å²) in [5.74, 6) is -0.186. The molecule has 1 aliphatic rings. The monoisotopic (exact) mass is 323 g/mol. The molecule has 4 heteroatoms. The Balaban J connectivity index is 1.98. The van der Waals surface area contributed by atoms with Gasteiger partial charge in [0.15, 0.2) is 0 Å². The van der Waals surface area contributed by atoms with E-state index < -0.39 is 0 Å². The third-order valence-electron chi connectivity index (χ3n) is 3.14. The number of carbonyl (C=O) groups excluding carboxylic acids is 1. The van der Waals surface area contributed by atoms with Crippen LogP contribution in [-0.4, -0.2) is 30.6 Å². The van der Waals surface area contributed by atoms with Gasteiger partial charge in [-0.3, -0.25) is 4.90 Å². The topological polar surface area (TPSA) is 29.5 Å². The fourth-order valence-corrected chi connectivity index (χ4v) is 2.90. The Morgan fingerprint density at radius 2 is 2.11 bits per heavy atom. The van der Waals surface area contributed by atoms with E-state index in [0.717, 1.165) is 36.1 Å². The lowest BCUT2D eigenvalue weighted by Gasteiger charge is -2.28. The maximum atomic E-state index is 11.7. The second-order valence-electron chi connectivity index (χ2n) is 4.55. The molecule has 0 unspecified atom stereocenters. The zero-order chi connectivity index (χ0) is 13.7. The first-order valence-electron chi connectivity index (χ1n) is 6.51. The van der Waals surface area contributed by atoms with Gasteiger partial charge in [-0.2, -0.15) is 0 Å². The van der Waals surface area contributed by atoms with E-state index in [2.05, 4.69) is 33.0 Å². The molecule has 0 atom stereocenters. The number of benzene rings is 1. The molecule has 1 heterocycles. The van der Waals surface area contributed by atoms with Crippen LogP contribution in [0.2, 0.25) is 0 Å². The van der Waals surface area contributed by atoms with Crippen LogP contribution < -0.4 is 0 Å². The minimum Gasteiger partial charge on any atom is -0.463 e. The molecule has 0 spiro atoms. The second kappa shape index (κ2) is 6.87. The Labute approximate surface area is 122 Å². The van der Waals surface area contributed by atoms with Gasteiger partial charge in [0.2, 0.25) is 0 Å². The maximum absolute atomic E-state index is 11.7. The van der Waals surface area contributed by atoms with Crippen LogP contribution in [0.15, 0.2) is 40.4 Å². The van der Waals surface area contributed by atoms with Gasteiger partial charge in [-0.05, 0) is 18.9 Å². The second-order valence-corrected chi connectivity index (χ2v) is 5.51. The third-order valence-corrected chi connectivity index (χ3v) is 3.87. The van der Waals surface area contributed by atoms with E-state index in [1.54, 1.807) is 0 Å². The van der Waals surface area contributed by atoms with E-state index in [0.29, 0.717) is 6.61 Å². The molecular formula is C15H18BrNO2. The largest absolute Gasteiger partial charge is 0.463 e. The highest BCUT2D eigenvalue weighted by molar-refractivity contribution is 9.11. The first-order chi connectivity index (χ1) is 9.20. The third kappa shape index (κ3) is 3.91. The van der Waals surface area contributed by atoms with Crippen molar-refractivity contribution in [1.82, 2.24) is 4.90 Å². The maximum Gasteiger partial charge on any atom is 0.334 e. The van der Waals surface area contributed by atoms with Gasteiger partial charge in [-0.25, -0.2) is 4.79 Å². The van der Waals surface area contributed by atoms with E-state index in [9.17, 15) is 4.79 Å². The molecule has 0 aromatic heterocycles. The Kier molecular flexibility index (Phi) is 5.16. The summed E-state index contributed by atoms with van der Waals surface area (Å²) in [5, 5.41) is 0. The van der Waals surface area contributed by atoms with Gasteiger partial charge in [0, 0.05) is 29.7 Å². The molecular weight excluding hydrogens is 306 g/mol. The SMILES string of the molecule is CCOC(=O)C1=C(Br)CN(Cc2ccccc2)CC1. The first-order valence-corrected chi connectivity index (χ1v) is 7.31. The van der Waals surface area contributed by atoms with Gasteiger partial charge in [0.05, 0.1) is 6.61 Å². The molecule has 3 nitrogen and oxygen atoms in total. The minimum absolute atomic E-state index is 0.186. The molecule has 0 amide bonds. The molecule has 102 valence electrons. The molecule has 0 bridgehead atoms. The highest BCUT2D eigenvalue weighted by Crippen LogP contribution is 2.24. The van der Waals surface area contributed by atoms with Crippen molar-refractivity contribution in [3.8, 4) is 0 Å². The van der Waals surface area contributed by atoms with Crippen LogP contribution in [0.25, 0.3) is 0 Å². The molecule has 19 heavy (non-hydrogen) atoms. The van der Waals surface area contributed by atoms with Gasteiger partial charge >= 0.3 is 5.97 Å². The quantitative estimate of drug-likeness (QED) is 0.797. The van der Waals surface area contributed by atoms with Crippen LogP contribution in [0.5, 0.6) is 0 Å². The van der Waals surface area contributed by atoms with Crippen molar-refractivity contribution in [1.29, 1.82) is 0 Å². The normalized spacial score (nSPS) is 16.5. The average Bonchev–Trinajstić information content (AvgIpc) is 2.40. The molecule has 0 fully saturated rings. The molecule has 0 aliphatic carbocycles. The van der Waals surface area contributed by atoms with Gasteiger partial charge in [0.1, 0.15) is 0 Å². The molecule has 0 saturated carbocycles. The molecule has 0 radical (unpaired) electrons. The number of carbonyl (C=O) groups is 1. The van der Waals surface area contributed by atoms with E-state index in [1.807, 2.05) is 25.1 Å². The summed E-state index contributed by atoms with van der Waals surface area (Å²) < 4.78 is 6.01. The van der Waals surface area contributed by atoms with Crippen molar-refractivity contribution in [3.63, 3.8) is 0 Å². The summed E-state index contributed by atoms with van der Waals surface area (Å²) in [4.78, 5) is 14.1. The smallest absolute Gasteiger partial charge is 0.334 e. The van der Waals surface area contributed by atoms with Crippen LogP contribution >= 0.6 is 15.9 Å². The minimum atomic E-state index is -0.186. The molecule has 1 aliphatic heterocycles. The number of ether oxygens (including phenoxy) is 1. The number of nitrogens with zero attached hydrogens (tertiary/aromatic N) is 1. The summed E-state index contributed by atoms with van der Waals surface area (Å²) in [6, 6.07) is 10.4. The summed E-state index contributed by atoms with van der Waals surface area (Å²) in [7, 11) is 0. The molecule has 0 N–H and O–H groups in total. The van der Waals surface area contributed by atoms with E-state index in [1.165, 1.54) is 5.56 Å². The van der Waals surface area contributed by atoms with Crippen LogP contribution in [0.4, 0.5) is 0 Å². The van der Waals surface area contributed by atoms with Crippen molar-refractivity contribution >= 4 is 21.9 Å². The van der Waals surface area contributed by atoms with Gasteiger partial charge in [-0.15, -0.1) is 0 Å². The fourth-order valence-electron chi connectivity index (χ4n) is 2.18. The zero-order valence-electron chi connectivity index (χ0n) is 11.1. The summed E-state index contributed by atoms with van der Waals surface area (Å²) in [6.45, 7) is 4.82. The van der Waals surface area contributed by atoms with E-state index in [4.69, 9.17) is 4.74 Å². The van der Waals surface area contributed by atoms with Gasteiger partial charge in [0.25, 0.3) is 0 Å². The number of hydrogen-bond donors (Lipinski definition) is 0. The van der Waals surface area contributed by atoms with Crippen molar-refractivity contribution in [3.05, 3.63) is 46.0 Å². The molecule has 1 aromatic carbocycles. The number of rotatable bonds is 4. The molecule has 0 saturated heterocycles. The lowest BCUT2D eigenvalue weighted by Crippen LogP contribution is -2.32. The van der Waals surface area contributed by atoms with Crippen LogP contribution in [0.1, 0.15) is 18.9 Å². The van der Waals surface area contributed by atoms with Crippen molar-refractivity contribution < 1.29 is 9.53 Å². The lowest BCUT2D eigenvalue weighted by atomic mass is 10.1. The van der Waals surface area contributed by atoms with Gasteiger partial charge in [-0.1, -0.05) is 46.3 Å². The van der Waals surface area contributed by atoms with Gasteiger partial charge < -0.3 is 4.74 Å². The Hall–Kier alpha value is -1.13. The number of halogens is 1. The Morgan fingerprint density at radius 3 is 2.74 bits per heavy atom. The van der Waals surface area contributed by atoms with Crippen LogP contribution in [-0.2, 0) is 16.1 Å². The highest BCUT2D eigenvalue weighted by Gasteiger charge is 2.22. The summed E-state index contributed by atoms with van der Waals surface area (Å²) in [6.07, 6.45) is 0.742. The predicted octanol–water partition coefficient (Wildman–Crippen LogP) is 3.10. The van der Waals surface area contributed by atoms with E-state index in [-0.39, 0.29) is 5.97 Å². The lowest BCUT2D eigenvalue weighted by molar-refractivity contribution is -0.138.